The van der Waals surface area contributed by atoms with E-state index in [4.69, 9.17) is 0 Å². The van der Waals surface area contributed by atoms with Gasteiger partial charge < -0.3 is 14.8 Å². The van der Waals surface area contributed by atoms with Crippen molar-refractivity contribution >= 4 is 34.7 Å². The minimum Gasteiger partial charge on any atom is -0.357 e. The maximum absolute atomic E-state index is 12.7. The molecule has 7 heteroatoms. The van der Waals surface area contributed by atoms with Gasteiger partial charge in [-0.2, -0.15) is 0 Å². The van der Waals surface area contributed by atoms with Gasteiger partial charge in [-0.25, -0.2) is 9.78 Å². The van der Waals surface area contributed by atoms with Crippen LogP contribution in [0, 0.1) is 0 Å². The summed E-state index contributed by atoms with van der Waals surface area (Å²) in [5.41, 5.74) is 3.78. The SMILES string of the molecule is CC(c1cc2ccccc2[nH]1)N(C)C(=O)/C=C/c1cnc2c(c1)CN(C)C(=O)N2. The largest absolute Gasteiger partial charge is 0.357 e. The van der Waals surface area contributed by atoms with Crippen molar-refractivity contribution < 1.29 is 9.59 Å². The standard InChI is InChI=1S/C22H23N5O2/c1-14(19-11-16-6-4-5-7-18(16)24-19)27(3)20(28)9-8-15-10-17-13-26(2)22(29)25-21(17)23-12-15/h4-12,14,24H,13H2,1-3H3,(H,23,25,29)/b9-8+. The maximum Gasteiger partial charge on any atom is 0.323 e. The Morgan fingerprint density at radius 2 is 2.10 bits per heavy atom. The summed E-state index contributed by atoms with van der Waals surface area (Å²) < 4.78 is 0. The quantitative estimate of drug-likeness (QED) is 0.667. The number of nitrogens with zero attached hydrogens (tertiary/aromatic N) is 3. The van der Waals surface area contributed by atoms with Crippen molar-refractivity contribution in [3.63, 3.8) is 0 Å². The fourth-order valence-electron chi connectivity index (χ4n) is 3.38. The van der Waals surface area contributed by atoms with Gasteiger partial charge in [0.05, 0.1) is 12.6 Å². The highest BCUT2D eigenvalue weighted by atomic mass is 16.2. The van der Waals surface area contributed by atoms with E-state index in [0.717, 1.165) is 27.7 Å². The molecule has 1 aliphatic rings. The third-order valence-corrected chi connectivity index (χ3v) is 5.32. The predicted molar refractivity (Wildman–Crippen MR) is 113 cm³/mol. The fourth-order valence-corrected chi connectivity index (χ4v) is 3.38. The number of rotatable bonds is 4. The molecule has 3 heterocycles. The third-order valence-electron chi connectivity index (χ3n) is 5.32. The van der Waals surface area contributed by atoms with E-state index >= 15 is 0 Å². The van der Waals surface area contributed by atoms with Crippen molar-refractivity contribution in [2.75, 3.05) is 19.4 Å². The molecule has 29 heavy (non-hydrogen) atoms. The molecule has 0 aliphatic carbocycles. The van der Waals surface area contributed by atoms with Gasteiger partial charge >= 0.3 is 6.03 Å². The first kappa shape index (κ1) is 18.7. The molecule has 0 bridgehead atoms. The number of pyridine rings is 1. The van der Waals surface area contributed by atoms with Crippen LogP contribution in [0.25, 0.3) is 17.0 Å². The minimum absolute atomic E-state index is 0.0925. The third kappa shape index (κ3) is 3.71. The van der Waals surface area contributed by atoms with E-state index in [0.29, 0.717) is 12.4 Å². The lowest BCUT2D eigenvalue weighted by Gasteiger charge is -2.25. The zero-order chi connectivity index (χ0) is 20.5. The summed E-state index contributed by atoms with van der Waals surface area (Å²) in [6, 6.07) is 11.8. The Hall–Kier alpha value is -3.61. The molecular formula is C22H23N5O2. The topological polar surface area (TPSA) is 81.3 Å². The molecule has 148 valence electrons. The lowest BCUT2D eigenvalue weighted by atomic mass is 10.1. The summed E-state index contributed by atoms with van der Waals surface area (Å²) in [5.74, 6) is 0.473. The summed E-state index contributed by atoms with van der Waals surface area (Å²) in [7, 11) is 3.52. The number of para-hydroxylation sites is 1. The molecule has 1 aromatic carbocycles. The number of carbonyl (C=O) groups excluding carboxylic acids is 2. The predicted octanol–water partition coefficient (Wildman–Crippen LogP) is 3.77. The van der Waals surface area contributed by atoms with Crippen LogP contribution in [0.3, 0.4) is 0 Å². The van der Waals surface area contributed by atoms with Crippen LogP contribution < -0.4 is 5.32 Å². The van der Waals surface area contributed by atoms with E-state index in [2.05, 4.69) is 21.4 Å². The molecule has 1 aliphatic heterocycles. The first-order valence-corrected chi connectivity index (χ1v) is 9.46. The molecule has 1 atom stereocenters. The smallest absolute Gasteiger partial charge is 0.323 e. The number of amides is 3. The second-order valence-electron chi connectivity index (χ2n) is 7.33. The summed E-state index contributed by atoms with van der Waals surface area (Å²) in [4.78, 5) is 35.3. The number of hydrogen-bond acceptors (Lipinski definition) is 3. The number of nitrogens with one attached hydrogen (secondary N) is 2. The molecular weight excluding hydrogens is 366 g/mol. The lowest BCUT2D eigenvalue weighted by Crippen LogP contribution is -2.35. The average Bonchev–Trinajstić information content (AvgIpc) is 3.16. The van der Waals surface area contributed by atoms with E-state index in [1.54, 1.807) is 42.2 Å². The van der Waals surface area contributed by atoms with Crippen LogP contribution in [0.4, 0.5) is 10.6 Å². The van der Waals surface area contributed by atoms with E-state index in [9.17, 15) is 9.59 Å². The lowest BCUT2D eigenvalue weighted by molar-refractivity contribution is -0.126. The summed E-state index contributed by atoms with van der Waals surface area (Å²) in [5, 5.41) is 3.86. The Morgan fingerprint density at radius 3 is 2.90 bits per heavy atom. The van der Waals surface area contributed by atoms with Crippen LogP contribution >= 0.6 is 0 Å². The van der Waals surface area contributed by atoms with E-state index < -0.39 is 0 Å². The number of hydrogen-bond donors (Lipinski definition) is 2. The number of aromatic nitrogens is 2. The highest BCUT2D eigenvalue weighted by Gasteiger charge is 2.20. The van der Waals surface area contributed by atoms with Crippen LogP contribution in [0.2, 0.25) is 0 Å². The van der Waals surface area contributed by atoms with Crippen molar-refractivity contribution in [3.8, 4) is 0 Å². The van der Waals surface area contributed by atoms with Crippen LogP contribution in [0.15, 0.2) is 48.7 Å². The number of H-pyrrole nitrogens is 1. The van der Waals surface area contributed by atoms with Crippen molar-refractivity contribution in [1.29, 1.82) is 0 Å². The Balaban J connectivity index is 1.47. The highest BCUT2D eigenvalue weighted by Crippen LogP contribution is 2.24. The van der Waals surface area contributed by atoms with Gasteiger partial charge in [-0.1, -0.05) is 18.2 Å². The van der Waals surface area contributed by atoms with Gasteiger partial charge in [0.15, 0.2) is 0 Å². The summed E-state index contributed by atoms with van der Waals surface area (Å²) in [6.07, 6.45) is 4.95. The fraction of sp³-hybridized carbons (Fsp3) is 0.227. The number of likely N-dealkylation sites (N-methyl/N-ethyl adjacent to an activating group) is 1. The monoisotopic (exact) mass is 389 g/mol. The first-order valence-electron chi connectivity index (χ1n) is 9.46. The Morgan fingerprint density at radius 1 is 1.31 bits per heavy atom. The minimum atomic E-state index is -0.170. The summed E-state index contributed by atoms with van der Waals surface area (Å²) in [6.45, 7) is 2.48. The molecule has 2 aromatic heterocycles. The van der Waals surface area contributed by atoms with Crippen molar-refractivity contribution in [2.24, 2.45) is 0 Å². The van der Waals surface area contributed by atoms with Gasteiger partial charge in [-0.15, -0.1) is 0 Å². The van der Waals surface area contributed by atoms with Gasteiger partial charge in [-0.3, -0.25) is 10.1 Å². The number of anilines is 1. The molecule has 3 amide bonds. The van der Waals surface area contributed by atoms with Gasteiger partial charge in [0.1, 0.15) is 5.82 Å². The Kier molecular flexibility index (Phi) is 4.80. The normalized spacial score (nSPS) is 14.7. The Bertz CT molecular complexity index is 1080. The number of fused-ring (bicyclic) bond motifs is 2. The van der Waals surface area contributed by atoms with Crippen molar-refractivity contribution in [2.45, 2.75) is 19.5 Å². The molecule has 4 rings (SSSR count). The number of aromatic amines is 1. The summed E-state index contributed by atoms with van der Waals surface area (Å²) >= 11 is 0. The average molecular weight is 389 g/mol. The molecule has 0 saturated heterocycles. The van der Waals surface area contributed by atoms with Gasteiger partial charge in [0.2, 0.25) is 5.91 Å². The second kappa shape index (κ2) is 7.43. The Labute approximate surface area is 169 Å². The van der Waals surface area contributed by atoms with Crippen LogP contribution in [-0.2, 0) is 11.3 Å². The second-order valence-corrected chi connectivity index (χ2v) is 7.33. The zero-order valence-electron chi connectivity index (χ0n) is 16.6. The molecule has 1 unspecified atom stereocenters. The first-order chi connectivity index (χ1) is 13.9. The number of carbonyl (C=O) groups is 2. The van der Waals surface area contributed by atoms with Gasteiger partial charge in [0, 0.05) is 43.1 Å². The van der Waals surface area contributed by atoms with Gasteiger partial charge in [0.25, 0.3) is 0 Å². The van der Waals surface area contributed by atoms with Crippen molar-refractivity contribution in [1.82, 2.24) is 19.8 Å². The van der Waals surface area contributed by atoms with Gasteiger partial charge in [-0.05, 0) is 42.1 Å². The molecule has 0 saturated carbocycles. The molecule has 0 fully saturated rings. The maximum atomic E-state index is 12.7. The highest BCUT2D eigenvalue weighted by molar-refractivity contribution is 5.93. The van der Waals surface area contributed by atoms with Crippen molar-refractivity contribution in [3.05, 3.63) is 65.5 Å². The van der Waals surface area contributed by atoms with E-state index in [-0.39, 0.29) is 18.0 Å². The molecule has 0 spiro atoms. The molecule has 0 radical (unpaired) electrons. The molecule has 3 aromatic rings. The number of urea groups is 1. The van der Waals surface area contributed by atoms with Crippen LogP contribution in [-0.4, -0.2) is 45.8 Å². The zero-order valence-corrected chi connectivity index (χ0v) is 16.6. The molecule has 7 nitrogen and oxygen atoms in total. The molecule has 2 N–H and O–H groups in total. The van der Waals surface area contributed by atoms with E-state index in [1.807, 2.05) is 37.3 Å². The van der Waals surface area contributed by atoms with E-state index in [1.165, 1.54) is 0 Å². The number of benzene rings is 1. The van der Waals surface area contributed by atoms with Crippen LogP contribution in [0.5, 0.6) is 0 Å². The van der Waals surface area contributed by atoms with Crippen LogP contribution in [0.1, 0.15) is 29.8 Å².